The molecule has 0 radical (unpaired) electrons. The van der Waals surface area contributed by atoms with E-state index in [4.69, 9.17) is 9.15 Å². The molecule has 0 spiro atoms. The quantitative estimate of drug-likeness (QED) is 0.716. The van der Waals surface area contributed by atoms with Crippen LogP contribution in [0.25, 0.3) is 11.5 Å². The number of amides is 1. The van der Waals surface area contributed by atoms with Gasteiger partial charge in [0, 0.05) is 16.8 Å². The van der Waals surface area contributed by atoms with Gasteiger partial charge in [0.2, 0.25) is 5.89 Å². The SMILES string of the molecule is O=C(CN1CCSC1=O)OCc1nnc(-c2ccccc2Br)o1. The molecule has 7 nitrogen and oxygen atoms in total. The zero-order chi connectivity index (χ0) is 16.2. The second kappa shape index (κ2) is 7.14. The van der Waals surface area contributed by atoms with Crippen LogP contribution < -0.4 is 0 Å². The van der Waals surface area contributed by atoms with Crippen molar-refractivity contribution in [3.63, 3.8) is 0 Å². The number of thioether (sulfide) groups is 1. The van der Waals surface area contributed by atoms with Crippen molar-refractivity contribution in [2.45, 2.75) is 6.61 Å². The third kappa shape index (κ3) is 3.91. The molecule has 0 bridgehead atoms. The van der Waals surface area contributed by atoms with Crippen LogP contribution in [-0.4, -0.2) is 45.1 Å². The number of esters is 1. The number of nitrogens with zero attached hydrogens (tertiary/aromatic N) is 3. The maximum Gasteiger partial charge on any atom is 0.326 e. The van der Waals surface area contributed by atoms with Crippen molar-refractivity contribution in [1.29, 1.82) is 0 Å². The number of carbonyl (C=O) groups excluding carboxylic acids is 2. The lowest BCUT2D eigenvalue weighted by atomic mass is 10.2. The van der Waals surface area contributed by atoms with E-state index in [1.54, 1.807) is 0 Å². The van der Waals surface area contributed by atoms with Crippen LogP contribution in [0.1, 0.15) is 5.89 Å². The Labute approximate surface area is 144 Å². The van der Waals surface area contributed by atoms with Crippen LogP contribution in [0.3, 0.4) is 0 Å². The number of carbonyl (C=O) groups is 2. The van der Waals surface area contributed by atoms with Gasteiger partial charge in [0.05, 0.1) is 5.56 Å². The summed E-state index contributed by atoms with van der Waals surface area (Å²) in [5.41, 5.74) is 0.761. The van der Waals surface area contributed by atoms with E-state index < -0.39 is 5.97 Å². The van der Waals surface area contributed by atoms with Crippen molar-refractivity contribution in [2.24, 2.45) is 0 Å². The molecule has 1 fully saturated rings. The van der Waals surface area contributed by atoms with Crippen molar-refractivity contribution in [1.82, 2.24) is 15.1 Å². The second-order valence-electron chi connectivity index (χ2n) is 4.68. The summed E-state index contributed by atoms with van der Waals surface area (Å²) in [7, 11) is 0. The number of hydrogen-bond donors (Lipinski definition) is 0. The summed E-state index contributed by atoms with van der Waals surface area (Å²) in [6.45, 7) is 0.383. The number of aromatic nitrogens is 2. The molecule has 0 atom stereocenters. The van der Waals surface area contributed by atoms with Crippen molar-refractivity contribution in [2.75, 3.05) is 18.8 Å². The third-order valence-electron chi connectivity index (χ3n) is 3.09. The third-order valence-corrected chi connectivity index (χ3v) is 4.68. The van der Waals surface area contributed by atoms with E-state index in [0.717, 1.165) is 10.0 Å². The molecule has 2 aromatic rings. The lowest BCUT2D eigenvalue weighted by Gasteiger charge is -2.12. The highest BCUT2D eigenvalue weighted by atomic mass is 79.9. The van der Waals surface area contributed by atoms with Crippen LogP contribution in [0.15, 0.2) is 33.2 Å². The molecule has 1 aliphatic heterocycles. The fraction of sp³-hybridized carbons (Fsp3) is 0.286. The molecule has 0 saturated carbocycles. The summed E-state index contributed by atoms with van der Waals surface area (Å²) in [5, 5.41) is 7.69. The highest BCUT2D eigenvalue weighted by molar-refractivity contribution is 9.10. The number of hydrogen-bond acceptors (Lipinski definition) is 7. The van der Waals surface area contributed by atoms with E-state index in [2.05, 4.69) is 26.1 Å². The van der Waals surface area contributed by atoms with Crippen LogP contribution in [-0.2, 0) is 16.1 Å². The van der Waals surface area contributed by atoms with Gasteiger partial charge in [-0.15, -0.1) is 10.2 Å². The minimum absolute atomic E-state index is 0.0585. The van der Waals surface area contributed by atoms with Gasteiger partial charge in [-0.1, -0.05) is 23.9 Å². The van der Waals surface area contributed by atoms with Crippen LogP contribution >= 0.6 is 27.7 Å². The lowest BCUT2D eigenvalue weighted by molar-refractivity contribution is -0.146. The van der Waals surface area contributed by atoms with Crippen LogP contribution in [0, 0.1) is 0 Å². The Morgan fingerprint density at radius 1 is 1.39 bits per heavy atom. The van der Waals surface area contributed by atoms with Gasteiger partial charge in [-0.05, 0) is 28.1 Å². The first kappa shape index (κ1) is 16.0. The normalized spacial score (nSPS) is 14.3. The van der Waals surface area contributed by atoms with Gasteiger partial charge >= 0.3 is 5.97 Å². The van der Waals surface area contributed by atoms with Crippen molar-refractivity contribution >= 4 is 38.9 Å². The van der Waals surface area contributed by atoms with E-state index in [0.29, 0.717) is 18.2 Å². The van der Waals surface area contributed by atoms with Gasteiger partial charge in [-0.2, -0.15) is 0 Å². The maximum atomic E-state index is 11.7. The monoisotopic (exact) mass is 397 g/mol. The molecule has 0 N–H and O–H groups in total. The molecule has 23 heavy (non-hydrogen) atoms. The summed E-state index contributed by atoms with van der Waals surface area (Å²) in [4.78, 5) is 24.6. The smallest absolute Gasteiger partial charge is 0.326 e. The molecule has 120 valence electrons. The number of rotatable bonds is 5. The van der Waals surface area contributed by atoms with Gasteiger partial charge in [-0.3, -0.25) is 9.59 Å². The molecular weight excluding hydrogens is 386 g/mol. The molecule has 1 saturated heterocycles. The number of ether oxygens (including phenoxy) is 1. The molecule has 3 rings (SSSR count). The Kier molecular flexibility index (Phi) is 4.97. The second-order valence-corrected chi connectivity index (χ2v) is 6.58. The van der Waals surface area contributed by atoms with Gasteiger partial charge in [0.25, 0.3) is 11.1 Å². The van der Waals surface area contributed by atoms with Crippen molar-refractivity contribution < 1.29 is 18.7 Å². The maximum absolute atomic E-state index is 11.7. The number of benzene rings is 1. The molecule has 0 unspecified atom stereocenters. The Bertz CT molecular complexity index is 736. The predicted octanol–water partition coefficient (Wildman–Crippen LogP) is 2.71. The first-order valence-electron chi connectivity index (χ1n) is 6.78. The fourth-order valence-corrected chi connectivity index (χ4v) is 3.25. The molecule has 1 aromatic carbocycles. The largest absolute Gasteiger partial charge is 0.454 e. The van der Waals surface area contributed by atoms with Gasteiger partial charge in [-0.25, -0.2) is 0 Å². The first-order valence-corrected chi connectivity index (χ1v) is 8.56. The minimum atomic E-state index is -0.499. The Morgan fingerprint density at radius 3 is 2.96 bits per heavy atom. The van der Waals surface area contributed by atoms with Gasteiger partial charge in [0.1, 0.15) is 6.54 Å². The summed E-state index contributed by atoms with van der Waals surface area (Å²) in [6, 6.07) is 7.44. The van der Waals surface area contributed by atoms with E-state index in [-0.39, 0.29) is 24.3 Å². The van der Waals surface area contributed by atoms with Gasteiger partial charge in [0.15, 0.2) is 6.61 Å². The molecule has 9 heteroatoms. The van der Waals surface area contributed by atoms with E-state index in [1.807, 2.05) is 24.3 Å². The fourth-order valence-electron chi connectivity index (χ4n) is 1.97. The topological polar surface area (TPSA) is 85.5 Å². The van der Waals surface area contributed by atoms with Crippen LogP contribution in [0.2, 0.25) is 0 Å². The Morgan fingerprint density at radius 2 is 2.22 bits per heavy atom. The standard InChI is InChI=1S/C14H12BrN3O4S/c15-10-4-2-1-3-9(10)13-17-16-11(22-13)8-21-12(19)7-18-5-6-23-14(18)20/h1-4H,5-8H2. The van der Waals surface area contributed by atoms with Crippen LogP contribution in [0.4, 0.5) is 4.79 Å². The van der Waals surface area contributed by atoms with E-state index in [9.17, 15) is 9.59 Å². The summed E-state index contributed by atoms with van der Waals surface area (Å²) >= 11 is 4.60. The summed E-state index contributed by atoms with van der Waals surface area (Å²) in [6.07, 6.45) is 0. The molecule has 1 amide bonds. The van der Waals surface area contributed by atoms with Crippen molar-refractivity contribution in [3.8, 4) is 11.5 Å². The zero-order valence-corrected chi connectivity index (χ0v) is 14.3. The number of halogens is 1. The zero-order valence-electron chi connectivity index (χ0n) is 11.9. The average Bonchev–Trinajstić information content (AvgIpc) is 3.16. The summed E-state index contributed by atoms with van der Waals surface area (Å²) in [5.74, 6) is 0.743. The highest BCUT2D eigenvalue weighted by Gasteiger charge is 2.24. The minimum Gasteiger partial charge on any atom is -0.454 e. The molecular formula is C14H12BrN3O4S. The lowest BCUT2D eigenvalue weighted by Crippen LogP contribution is -2.30. The molecule has 1 aromatic heterocycles. The average molecular weight is 398 g/mol. The highest BCUT2D eigenvalue weighted by Crippen LogP contribution is 2.26. The van der Waals surface area contributed by atoms with E-state index >= 15 is 0 Å². The first-order chi connectivity index (χ1) is 11.1. The molecule has 2 heterocycles. The summed E-state index contributed by atoms with van der Waals surface area (Å²) < 4.78 is 11.4. The van der Waals surface area contributed by atoms with Gasteiger partial charge < -0.3 is 14.1 Å². The molecule has 1 aliphatic rings. The Hall–Kier alpha value is -1.87. The molecule has 0 aliphatic carbocycles. The predicted molar refractivity (Wildman–Crippen MR) is 86.7 cm³/mol. The van der Waals surface area contributed by atoms with Crippen LogP contribution in [0.5, 0.6) is 0 Å². The van der Waals surface area contributed by atoms with E-state index in [1.165, 1.54) is 16.7 Å². The Balaban J connectivity index is 1.56. The van der Waals surface area contributed by atoms with Crippen molar-refractivity contribution in [3.05, 3.63) is 34.6 Å².